The van der Waals surface area contributed by atoms with Crippen LogP contribution in [0.25, 0.3) is 0 Å². The highest BCUT2D eigenvalue weighted by Crippen LogP contribution is 2.33. The molecule has 0 bridgehead atoms. The normalized spacial score (nSPS) is 25.8. The molecule has 0 amide bonds. The van der Waals surface area contributed by atoms with Gasteiger partial charge in [-0.15, -0.1) is 0 Å². The minimum Gasteiger partial charge on any atom is -0.329 e. The second-order valence-corrected chi connectivity index (χ2v) is 6.47. The number of rotatable bonds is 3. The third-order valence-corrected chi connectivity index (χ3v) is 4.75. The molecule has 1 aromatic carbocycles. The zero-order valence-corrected chi connectivity index (χ0v) is 13.0. The molecule has 2 N–H and O–H groups in total. The van der Waals surface area contributed by atoms with Crippen molar-refractivity contribution < 1.29 is 0 Å². The molecule has 1 aliphatic rings. The number of nitrogens with zero attached hydrogens (tertiary/aromatic N) is 1. The average molecular weight is 260 g/mol. The summed E-state index contributed by atoms with van der Waals surface area (Å²) in [6.07, 6.45) is 0. The summed E-state index contributed by atoms with van der Waals surface area (Å²) in [7, 11) is 0. The van der Waals surface area contributed by atoms with Crippen molar-refractivity contribution in [1.82, 2.24) is 4.90 Å². The van der Waals surface area contributed by atoms with E-state index in [0.29, 0.717) is 12.6 Å². The molecule has 2 rings (SSSR count). The fourth-order valence-corrected chi connectivity index (χ4v) is 3.60. The topological polar surface area (TPSA) is 29.3 Å². The lowest BCUT2D eigenvalue weighted by Gasteiger charge is -2.30. The summed E-state index contributed by atoms with van der Waals surface area (Å²) in [6, 6.07) is 4.95. The largest absolute Gasteiger partial charge is 0.329 e. The smallest absolute Gasteiger partial charge is 0.0475 e. The predicted molar refractivity (Wildman–Crippen MR) is 82.3 cm³/mol. The second-order valence-electron chi connectivity index (χ2n) is 6.47. The number of benzene rings is 1. The summed E-state index contributed by atoms with van der Waals surface area (Å²) >= 11 is 0. The van der Waals surface area contributed by atoms with E-state index in [1.165, 1.54) is 35.3 Å². The standard InChI is InChI=1S/C17H28N2/c1-11-6-12(2)17(13(3)7-11)16(8-18)19-9-14(4)15(5)10-19/h6-7,14-16H,8-10,18H2,1-5H3. The zero-order chi connectivity index (χ0) is 14.2. The van der Waals surface area contributed by atoms with Gasteiger partial charge in [0, 0.05) is 25.7 Å². The molecule has 0 spiro atoms. The van der Waals surface area contributed by atoms with E-state index in [1.807, 2.05) is 0 Å². The quantitative estimate of drug-likeness (QED) is 0.904. The van der Waals surface area contributed by atoms with Gasteiger partial charge in [-0.3, -0.25) is 4.90 Å². The Morgan fingerprint density at radius 3 is 2.00 bits per heavy atom. The van der Waals surface area contributed by atoms with Gasteiger partial charge in [-0.25, -0.2) is 0 Å². The van der Waals surface area contributed by atoms with Crippen LogP contribution in [0.15, 0.2) is 12.1 Å². The first kappa shape index (κ1) is 14.5. The van der Waals surface area contributed by atoms with Crippen LogP contribution in [0.2, 0.25) is 0 Å². The average Bonchev–Trinajstić information content (AvgIpc) is 2.63. The van der Waals surface area contributed by atoms with E-state index in [1.54, 1.807) is 0 Å². The highest BCUT2D eigenvalue weighted by Gasteiger charge is 2.32. The molecule has 2 nitrogen and oxygen atoms in total. The van der Waals surface area contributed by atoms with Crippen molar-refractivity contribution in [2.75, 3.05) is 19.6 Å². The molecule has 0 saturated carbocycles. The highest BCUT2D eigenvalue weighted by atomic mass is 15.2. The molecule has 1 fully saturated rings. The Kier molecular flexibility index (Phi) is 4.32. The molecule has 1 heterocycles. The monoisotopic (exact) mass is 260 g/mol. The van der Waals surface area contributed by atoms with Crippen molar-refractivity contribution in [3.8, 4) is 0 Å². The van der Waals surface area contributed by atoms with Gasteiger partial charge in [0.2, 0.25) is 0 Å². The van der Waals surface area contributed by atoms with Gasteiger partial charge in [0.25, 0.3) is 0 Å². The van der Waals surface area contributed by atoms with Crippen molar-refractivity contribution in [2.24, 2.45) is 17.6 Å². The van der Waals surface area contributed by atoms with Gasteiger partial charge in [0.1, 0.15) is 0 Å². The molecule has 1 aromatic rings. The minimum absolute atomic E-state index is 0.382. The molecule has 2 heteroatoms. The minimum atomic E-state index is 0.382. The van der Waals surface area contributed by atoms with Crippen LogP contribution in [0.4, 0.5) is 0 Å². The second kappa shape index (κ2) is 5.64. The van der Waals surface area contributed by atoms with E-state index in [0.717, 1.165) is 11.8 Å². The molecule has 0 aromatic heterocycles. The van der Waals surface area contributed by atoms with Gasteiger partial charge in [-0.1, -0.05) is 31.5 Å². The van der Waals surface area contributed by atoms with Crippen molar-refractivity contribution in [3.63, 3.8) is 0 Å². The molecule has 0 radical (unpaired) electrons. The van der Waals surface area contributed by atoms with Crippen LogP contribution < -0.4 is 5.73 Å². The van der Waals surface area contributed by atoms with Gasteiger partial charge in [0.15, 0.2) is 0 Å². The summed E-state index contributed by atoms with van der Waals surface area (Å²) in [4.78, 5) is 2.58. The lowest BCUT2D eigenvalue weighted by molar-refractivity contribution is 0.238. The summed E-state index contributed by atoms with van der Waals surface area (Å²) in [5.41, 5.74) is 11.7. The maximum atomic E-state index is 6.11. The van der Waals surface area contributed by atoms with Crippen LogP contribution in [0, 0.1) is 32.6 Å². The highest BCUT2D eigenvalue weighted by molar-refractivity contribution is 5.40. The van der Waals surface area contributed by atoms with Gasteiger partial charge in [-0.2, -0.15) is 0 Å². The van der Waals surface area contributed by atoms with Crippen LogP contribution in [-0.4, -0.2) is 24.5 Å². The van der Waals surface area contributed by atoms with E-state index in [2.05, 4.69) is 51.7 Å². The van der Waals surface area contributed by atoms with E-state index in [-0.39, 0.29) is 0 Å². The number of aryl methyl sites for hydroxylation is 3. The number of hydrogen-bond donors (Lipinski definition) is 1. The summed E-state index contributed by atoms with van der Waals surface area (Å²) < 4.78 is 0. The van der Waals surface area contributed by atoms with Crippen LogP contribution in [0.3, 0.4) is 0 Å². The third-order valence-electron chi connectivity index (χ3n) is 4.75. The summed E-state index contributed by atoms with van der Waals surface area (Å²) in [5.74, 6) is 1.56. The first-order valence-electron chi connectivity index (χ1n) is 7.46. The maximum absolute atomic E-state index is 6.11. The number of likely N-dealkylation sites (tertiary alicyclic amines) is 1. The van der Waals surface area contributed by atoms with Gasteiger partial charge in [-0.05, 0) is 49.3 Å². The Bertz CT molecular complexity index is 420. The molecular weight excluding hydrogens is 232 g/mol. The van der Waals surface area contributed by atoms with Gasteiger partial charge >= 0.3 is 0 Å². The Hall–Kier alpha value is -0.860. The fourth-order valence-electron chi connectivity index (χ4n) is 3.60. The first-order valence-corrected chi connectivity index (χ1v) is 7.46. The van der Waals surface area contributed by atoms with Crippen molar-refractivity contribution >= 4 is 0 Å². The molecule has 19 heavy (non-hydrogen) atoms. The third kappa shape index (κ3) is 2.85. The number of hydrogen-bond acceptors (Lipinski definition) is 2. The first-order chi connectivity index (χ1) is 8.93. The van der Waals surface area contributed by atoms with Gasteiger partial charge < -0.3 is 5.73 Å². The maximum Gasteiger partial charge on any atom is 0.0475 e. The Labute approximate surface area is 118 Å². The molecular formula is C17H28N2. The summed E-state index contributed by atoms with van der Waals surface area (Å²) in [5, 5.41) is 0. The molecule has 3 atom stereocenters. The molecule has 106 valence electrons. The molecule has 1 saturated heterocycles. The lowest BCUT2D eigenvalue weighted by atomic mass is 9.93. The Morgan fingerprint density at radius 2 is 1.58 bits per heavy atom. The van der Waals surface area contributed by atoms with Crippen molar-refractivity contribution in [3.05, 3.63) is 34.4 Å². The van der Waals surface area contributed by atoms with Crippen LogP contribution in [0.5, 0.6) is 0 Å². The zero-order valence-electron chi connectivity index (χ0n) is 13.0. The van der Waals surface area contributed by atoms with E-state index >= 15 is 0 Å². The Morgan fingerprint density at radius 1 is 1.11 bits per heavy atom. The van der Waals surface area contributed by atoms with E-state index < -0.39 is 0 Å². The SMILES string of the molecule is Cc1cc(C)c(C(CN)N2CC(C)C(C)C2)c(C)c1. The van der Waals surface area contributed by atoms with Crippen LogP contribution in [0.1, 0.15) is 42.1 Å². The number of nitrogens with two attached hydrogens (primary N) is 1. The lowest BCUT2D eigenvalue weighted by Crippen LogP contribution is -2.33. The fraction of sp³-hybridized carbons (Fsp3) is 0.647. The summed E-state index contributed by atoms with van der Waals surface area (Å²) in [6.45, 7) is 14.4. The Balaban J connectivity index is 2.33. The molecule has 1 aliphatic heterocycles. The van der Waals surface area contributed by atoms with E-state index in [9.17, 15) is 0 Å². The predicted octanol–water partition coefficient (Wildman–Crippen LogP) is 3.20. The van der Waals surface area contributed by atoms with E-state index in [4.69, 9.17) is 5.73 Å². The van der Waals surface area contributed by atoms with Crippen molar-refractivity contribution in [2.45, 2.75) is 40.7 Å². The molecule has 0 aliphatic carbocycles. The van der Waals surface area contributed by atoms with Crippen LogP contribution in [-0.2, 0) is 0 Å². The molecule has 3 unspecified atom stereocenters. The van der Waals surface area contributed by atoms with Crippen LogP contribution >= 0.6 is 0 Å². The van der Waals surface area contributed by atoms with Gasteiger partial charge in [0.05, 0.1) is 0 Å². The van der Waals surface area contributed by atoms with Crippen molar-refractivity contribution in [1.29, 1.82) is 0 Å².